The van der Waals surface area contributed by atoms with Crippen LogP contribution in [-0.2, 0) is 0 Å². The van der Waals surface area contributed by atoms with Gasteiger partial charge in [0.05, 0.1) is 15.6 Å². The van der Waals surface area contributed by atoms with Crippen molar-refractivity contribution in [3.63, 3.8) is 0 Å². The summed E-state index contributed by atoms with van der Waals surface area (Å²) in [6.45, 7) is 0. The molecule has 20 heavy (non-hydrogen) atoms. The van der Waals surface area contributed by atoms with Gasteiger partial charge in [0.25, 0.3) is 0 Å². The molecule has 0 N–H and O–H groups in total. The molecule has 3 aromatic rings. The Morgan fingerprint density at radius 2 is 1.70 bits per heavy atom. The molecule has 0 unspecified atom stereocenters. The molecule has 0 aliphatic rings. The molecule has 3 rings (SSSR count). The van der Waals surface area contributed by atoms with E-state index in [4.69, 9.17) is 23.2 Å². The standard InChI is InChI=1S/C17H11Cl2N/c18-15-8-6-12(11-16(15)19)5-7-13-9-10-20-17-4-2-1-3-14(13)17/h1-11H. The zero-order valence-corrected chi connectivity index (χ0v) is 12.1. The SMILES string of the molecule is Clc1ccc(C=Cc2ccnc3ccccc23)cc1Cl. The van der Waals surface area contributed by atoms with Crippen LogP contribution in [0.2, 0.25) is 10.0 Å². The first-order valence-electron chi connectivity index (χ1n) is 6.21. The molecule has 0 bridgehead atoms. The molecule has 0 fully saturated rings. The highest BCUT2D eigenvalue weighted by molar-refractivity contribution is 6.42. The lowest BCUT2D eigenvalue weighted by Gasteiger charge is -2.01. The Kier molecular flexibility index (Phi) is 3.72. The van der Waals surface area contributed by atoms with Gasteiger partial charge >= 0.3 is 0 Å². The molecular weight excluding hydrogens is 289 g/mol. The third-order valence-corrected chi connectivity index (χ3v) is 3.82. The molecule has 0 atom stereocenters. The van der Waals surface area contributed by atoms with E-state index in [1.165, 1.54) is 0 Å². The van der Waals surface area contributed by atoms with E-state index in [9.17, 15) is 0 Å². The molecule has 0 aliphatic heterocycles. The number of pyridine rings is 1. The van der Waals surface area contributed by atoms with Crippen molar-refractivity contribution in [3.8, 4) is 0 Å². The fraction of sp³-hybridized carbons (Fsp3) is 0. The molecule has 0 aliphatic carbocycles. The van der Waals surface area contributed by atoms with E-state index >= 15 is 0 Å². The van der Waals surface area contributed by atoms with Crippen LogP contribution in [0.3, 0.4) is 0 Å². The molecule has 1 aromatic heterocycles. The van der Waals surface area contributed by atoms with Crippen molar-refractivity contribution in [1.29, 1.82) is 0 Å². The number of rotatable bonds is 2. The number of fused-ring (bicyclic) bond motifs is 1. The van der Waals surface area contributed by atoms with Crippen molar-refractivity contribution in [2.24, 2.45) is 0 Å². The van der Waals surface area contributed by atoms with E-state index in [-0.39, 0.29) is 0 Å². The maximum absolute atomic E-state index is 6.01. The summed E-state index contributed by atoms with van der Waals surface area (Å²) < 4.78 is 0. The Morgan fingerprint density at radius 1 is 0.850 bits per heavy atom. The van der Waals surface area contributed by atoms with E-state index in [2.05, 4.69) is 17.1 Å². The van der Waals surface area contributed by atoms with E-state index in [1.807, 2.05) is 48.7 Å². The van der Waals surface area contributed by atoms with Gasteiger partial charge in [-0.15, -0.1) is 0 Å². The van der Waals surface area contributed by atoms with Gasteiger partial charge in [-0.25, -0.2) is 0 Å². The maximum Gasteiger partial charge on any atom is 0.0707 e. The molecule has 98 valence electrons. The number of para-hydroxylation sites is 1. The highest BCUT2D eigenvalue weighted by Crippen LogP contribution is 2.24. The number of benzene rings is 2. The average molecular weight is 300 g/mol. The number of halogens is 2. The van der Waals surface area contributed by atoms with Gasteiger partial charge in [-0.1, -0.05) is 59.6 Å². The van der Waals surface area contributed by atoms with Crippen LogP contribution in [-0.4, -0.2) is 4.98 Å². The van der Waals surface area contributed by atoms with Crippen molar-refractivity contribution < 1.29 is 0 Å². The molecule has 3 heteroatoms. The number of hydrogen-bond donors (Lipinski definition) is 0. The highest BCUT2D eigenvalue weighted by Gasteiger charge is 1.99. The normalized spacial score (nSPS) is 11.3. The van der Waals surface area contributed by atoms with Crippen LogP contribution >= 0.6 is 23.2 Å². The van der Waals surface area contributed by atoms with Crippen LogP contribution in [0.15, 0.2) is 54.7 Å². The second-order valence-corrected chi connectivity index (χ2v) is 5.24. The minimum Gasteiger partial charge on any atom is -0.256 e. The molecule has 0 saturated carbocycles. The summed E-state index contributed by atoms with van der Waals surface area (Å²) in [5.41, 5.74) is 3.13. The molecule has 0 saturated heterocycles. The topological polar surface area (TPSA) is 12.9 Å². The Bertz CT molecular complexity index is 789. The van der Waals surface area contributed by atoms with Gasteiger partial charge < -0.3 is 0 Å². The lowest BCUT2D eigenvalue weighted by Crippen LogP contribution is -1.81. The molecule has 2 aromatic carbocycles. The van der Waals surface area contributed by atoms with Crippen LogP contribution in [0.25, 0.3) is 23.1 Å². The third kappa shape index (κ3) is 2.69. The maximum atomic E-state index is 6.01. The molecule has 0 spiro atoms. The second kappa shape index (κ2) is 5.66. The molecule has 0 radical (unpaired) electrons. The minimum absolute atomic E-state index is 0.563. The van der Waals surface area contributed by atoms with Gasteiger partial charge in [0.2, 0.25) is 0 Å². The zero-order chi connectivity index (χ0) is 13.9. The summed E-state index contributed by atoms with van der Waals surface area (Å²) >= 11 is 11.9. The zero-order valence-electron chi connectivity index (χ0n) is 10.6. The summed E-state index contributed by atoms with van der Waals surface area (Å²) in [5.74, 6) is 0. The van der Waals surface area contributed by atoms with E-state index in [0.29, 0.717) is 10.0 Å². The largest absolute Gasteiger partial charge is 0.256 e. The lowest BCUT2D eigenvalue weighted by atomic mass is 10.1. The first kappa shape index (κ1) is 13.2. The monoisotopic (exact) mass is 299 g/mol. The fourth-order valence-corrected chi connectivity index (χ4v) is 2.37. The van der Waals surface area contributed by atoms with E-state index in [0.717, 1.165) is 22.0 Å². The second-order valence-electron chi connectivity index (χ2n) is 4.42. The van der Waals surface area contributed by atoms with Crippen LogP contribution in [0.5, 0.6) is 0 Å². The smallest absolute Gasteiger partial charge is 0.0707 e. The highest BCUT2D eigenvalue weighted by atomic mass is 35.5. The van der Waals surface area contributed by atoms with Gasteiger partial charge in [0.1, 0.15) is 0 Å². The predicted molar refractivity (Wildman–Crippen MR) is 87.1 cm³/mol. The van der Waals surface area contributed by atoms with Crippen LogP contribution in [0, 0.1) is 0 Å². The van der Waals surface area contributed by atoms with Gasteiger partial charge in [-0.2, -0.15) is 0 Å². The summed E-state index contributed by atoms with van der Waals surface area (Å²) in [6.07, 6.45) is 5.89. The minimum atomic E-state index is 0.563. The first-order chi connectivity index (χ1) is 9.74. The Morgan fingerprint density at radius 3 is 2.55 bits per heavy atom. The van der Waals surface area contributed by atoms with Gasteiger partial charge in [0, 0.05) is 11.6 Å². The first-order valence-corrected chi connectivity index (χ1v) is 6.96. The molecule has 0 amide bonds. The quantitative estimate of drug-likeness (QED) is 0.590. The van der Waals surface area contributed by atoms with Crippen LogP contribution in [0.1, 0.15) is 11.1 Å². The van der Waals surface area contributed by atoms with Crippen LogP contribution in [0.4, 0.5) is 0 Å². The molecule has 1 nitrogen and oxygen atoms in total. The number of hydrogen-bond acceptors (Lipinski definition) is 1. The van der Waals surface area contributed by atoms with E-state index < -0.39 is 0 Å². The van der Waals surface area contributed by atoms with Crippen LogP contribution < -0.4 is 0 Å². The number of nitrogens with zero attached hydrogens (tertiary/aromatic N) is 1. The Labute approximate surface area is 127 Å². The van der Waals surface area contributed by atoms with E-state index in [1.54, 1.807) is 6.07 Å². The summed E-state index contributed by atoms with van der Waals surface area (Å²) in [4.78, 5) is 4.35. The summed E-state index contributed by atoms with van der Waals surface area (Å²) in [5, 5.41) is 2.26. The lowest BCUT2D eigenvalue weighted by molar-refractivity contribution is 1.41. The third-order valence-electron chi connectivity index (χ3n) is 3.08. The molecular formula is C17H11Cl2N. The fourth-order valence-electron chi connectivity index (χ4n) is 2.07. The van der Waals surface area contributed by atoms with Crippen molar-refractivity contribution >= 4 is 46.3 Å². The summed E-state index contributed by atoms with van der Waals surface area (Å²) in [6, 6.07) is 15.7. The summed E-state index contributed by atoms with van der Waals surface area (Å²) in [7, 11) is 0. The van der Waals surface area contributed by atoms with Crippen molar-refractivity contribution in [2.75, 3.05) is 0 Å². The van der Waals surface area contributed by atoms with Crippen molar-refractivity contribution in [3.05, 3.63) is 75.9 Å². The van der Waals surface area contributed by atoms with Gasteiger partial charge in [-0.3, -0.25) is 4.98 Å². The molecule has 1 heterocycles. The van der Waals surface area contributed by atoms with Gasteiger partial charge in [0.15, 0.2) is 0 Å². The predicted octanol–water partition coefficient (Wildman–Crippen LogP) is 5.71. The number of aromatic nitrogens is 1. The van der Waals surface area contributed by atoms with Crippen molar-refractivity contribution in [2.45, 2.75) is 0 Å². The Hall–Kier alpha value is -1.83. The van der Waals surface area contributed by atoms with Crippen molar-refractivity contribution in [1.82, 2.24) is 4.98 Å². The van der Waals surface area contributed by atoms with Gasteiger partial charge in [-0.05, 0) is 35.4 Å². The Balaban J connectivity index is 2.00. The average Bonchev–Trinajstić information content (AvgIpc) is 2.48.